The van der Waals surface area contributed by atoms with Crippen molar-refractivity contribution in [2.24, 2.45) is 0 Å². The van der Waals surface area contributed by atoms with E-state index in [1.165, 1.54) is 30.4 Å². The molecule has 4 rings (SSSR count). The normalized spacial score (nSPS) is 17.4. The summed E-state index contributed by atoms with van der Waals surface area (Å²) in [7, 11) is 0. The van der Waals surface area contributed by atoms with E-state index in [9.17, 15) is 9.90 Å². The number of aryl methyl sites for hydroxylation is 2. The van der Waals surface area contributed by atoms with Crippen molar-refractivity contribution in [3.05, 3.63) is 45.3 Å². The molecule has 0 unspecified atom stereocenters. The van der Waals surface area contributed by atoms with Gasteiger partial charge >= 0.3 is 5.63 Å². The number of nitrogens with zero attached hydrogens (tertiary/aromatic N) is 1. The van der Waals surface area contributed by atoms with Crippen LogP contribution in [0.25, 0.3) is 11.0 Å². The van der Waals surface area contributed by atoms with Crippen molar-refractivity contribution in [3.63, 3.8) is 0 Å². The van der Waals surface area contributed by atoms with E-state index in [1.54, 1.807) is 6.07 Å². The van der Waals surface area contributed by atoms with Gasteiger partial charge in [-0.15, -0.1) is 0 Å². The van der Waals surface area contributed by atoms with Crippen molar-refractivity contribution < 1.29 is 9.52 Å². The van der Waals surface area contributed by atoms with E-state index in [4.69, 9.17) is 4.42 Å². The highest BCUT2D eigenvalue weighted by atomic mass is 16.4. The molecule has 0 atom stereocenters. The molecular weight excluding hydrogens is 278 g/mol. The molecular formula is C18H21NO3. The summed E-state index contributed by atoms with van der Waals surface area (Å²) < 4.78 is 5.42. The molecule has 1 N–H and O–H groups in total. The van der Waals surface area contributed by atoms with Crippen LogP contribution in [0.15, 0.2) is 27.4 Å². The molecule has 1 aromatic carbocycles. The van der Waals surface area contributed by atoms with E-state index in [0.717, 1.165) is 23.8 Å². The SMILES string of the molecule is O=c1cc(CN(CCO)C2CC2)c2cc3c(cc2o1)CCC3. The third-order valence-corrected chi connectivity index (χ3v) is 4.87. The zero-order valence-corrected chi connectivity index (χ0v) is 12.7. The molecule has 1 heterocycles. The second-order valence-electron chi connectivity index (χ2n) is 6.49. The van der Waals surface area contributed by atoms with Crippen LogP contribution >= 0.6 is 0 Å². The van der Waals surface area contributed by atoms with Gasteiger partial charge in [-0.25, -0.2) is 4.79 Å². The highest BCUT2D eigenvalue weighted by Gasteiger charge is 2.29. The lowest BCUT2D eigenvalue weighted by Gasteiger charge is -2.21. The van der Waals surface area contributed by atoms with E-state index < -0.39 is 0 Å². The fourth-order valence-electron chi connectivity index (χ4n) is 3.60. The summed E-state index contributed by atoms with van der Waals surface area (Å²) >= 11 is 0. The van der Waals surface area contributed by atoms with Gasteiger partial charge in [0.2, 0.25) is 0 Å². The molecule has 0 bridgehead atoms. The van der Waals surface area contributed by atoms with Gasteiger partial charge in [-0.05, 0) is 60.9 Å². The van der Waals surface area contributed by atoms with Crippen LogP contribution in [0, 0.1) is 0 Å². The van der Waals surface area contributed by atoms with Gasteiger partial charge in [0, 0.05) is 30.6 Å². The number of rotatable bonds is 5. The molecule has 0 radical (unpaired) electrons. The van der Waals surface area contributed by atoms with Crippen LogP contribution in [0.4, 0.5) is 0 Å². The summed E-state index contributed by atoms with van der Waals surface area (Å²) in [5.41, 5.74) is 4.18. The second-order valence-corrected chi connectivity index (χ2v) is 6.49. The molecule has 0 saturated heterocycles. The van der Waals surface area contributed by atoms with Crippen LogP contribution in [0.3, 0.4) is 0 Å². The fourth-order valence-corrected chi connectivity index (χ4v) is 3.60. The van der Waals surface area contributed by atoms with Crippen LogP contribution in [0.5, 0.6) is 0 Å². The third-order valence-electron chi connectivity index (χ3n) is 4.87. The number of aliphatic hydroxyl groups is 1. The molecule has 1 aromatic heterocycles. The zero-order valence-electron chi connectivity index (χ0n) is 12.7. The molecule has 4 heteroatoms. The van der Waals surface area contributed by atoms with Crippen molar-refractivity contribution in [2.75, 3.05) is 13.2 Å². The molecule has 0 amide bonds. The molecule has 2 aliphatic carbocycles. The number of benzene rings is 1. The Balaban J connectivity index is 1.77. The first-order valence-corrected chi connectivity index (χ1v) is 8.18. The first-order valence-electron chi connectivity index (χ1n) is 8.18. The van der Waals surface area contributed by atoms with Gasteiger partial charge in [-0.2, -0.15) is 0 Å². The highest BCUT2D eigenvalue weighted by Crippen LogP contribution is 2.31. The Kier molecular flexibility index (Phi) is 3.51. The van der Waals surface area contributed by atoms with Crippen molar-refractivity contribution in [1.82, 2.24) is 4.90 Å². The smallest absolute Gasteiger partial charge is 0.336 e. The molecule has 0 aliphatic heterocycles. The first-order chi connectivity index (χ1) is 10.7. The molecule has 116 valence electrons. The maximum Gasteiger partial charge on any atom is 0.336 e. The van der Waals surface area contributed by atoms with Gasteiger partial charge < -0.3 is 9.52 Å². The molecule has 0 spiro atoms. The summed E-state index contributed by atoms with van der Waals surface area (Å²) in [6.45, 7) is 1.54. The fraction of sp³-hybridized carbons (Fsp3) is 0.500. The van der Waals surface area contributed by atoms with Gasteiger partial charge in [0.1, 0.15) is 5.58 Å². The number of hydrogen-bond donors (Lipinski definition) is 1. The largest absolute Gasteiger partial charge is 0.423 e. The maximum atomic E-state index is 11.9. The highest BCUT2D eigenvalue weighted by molar-refractivity contribution is 5.82. The Hall–Kier alpha value is -1.65. The minimum Gasteiger partial charge on any atom is -0.423 e. The van der Waals surface area contributed by atoms with Gasteiger partial charge in [0.15, 0.2) is 0 Å². The van der Waals surface area contributed by atoms with Crippen LogP contribution < -0.4 is 5.63 Å². The number of fused-ring (bicyclic) bond motifs is 2. The molecule has 22 heavy (non-hydrogen) atoms. The zero-order chi connectivity index (χ0) is 15.1. The van der Waals surface area contributed by atoms with Gasteiger partial charge in [0.25, 0.3) is 0 Å². The minimum absolute atomic E-state index is 0.158. The summed E-state index contributed by atoms with van der Waals surface area (Å²) in [4.78, 5) is 14.2. The summed E-state index contributed by atoms with van der Waals surface area (Å²) in [6, 6.07) is 6.44. The van der Waals surface area contributed by atoms with Crippen molar-refractivity contribution in [1.29, 1.82) is 0 Å². The van der Waals surface area contributed by atoms with E-state index in [2.05, 4.69) is 17.0 Å². The van der Waals surface area contributed by atoms with Crippen LogP contribution in [0.2, 0.25) is 0 Å². The Morgan fingerprint density at radius 2 is 1.95 bits per heavy atom. The maximum absolute atomic E-state index is 11.9. The van der Waals surface area contributed by atoms with E-state index in [1.807, 2.05) is 0 Å². The summed E-state index contributed by atoms with van der Waals surface area (Å²) in [5.74, 6) is 0. The topological polar surface area (TPSA) is 53.7 Å². The second kappa shape index (κ2) is 5.52. The van der Waals surface area contributed by atoms with Gasteiger partial charge in [-0.1, -0.05) is 0 Å². The molecule has 1 fully saturated rings. The minimum atomic E-state index is -0.278. The van der Waals surface area contributed by atoms with Crippen LogP contribution in [-0.2, 0) is 19.4 Å². The van der Waals surface area contributed by atoms with Gasteiger partial charge in [0.05, 0.1) is 6.61 Å². The lowest BCUT2D eigenvalue weighted by atomic mass is 10.0. The third kappa shape index (κ3) is 2.57. The van der Waals surface area contributed by atoms with Crippen LogP contribution in [0.1, 0.15) is 36.0 Å². The predicted molar refractivity (Wildman–Crippen MR) is 85.0 cm³/mol. The quantitative estimate of drug-likeness (QED) is 0.860. The first kappa shape index (κ1) is 14.0. The Labute approximate surface area is 129 Å². The van der Waals surface area contributed by atoms with Crippen molar-refractivity contribution in [2.45, 2.75) is 44.7 Å². The van der Waals surface area contributed by atoms with E-state index >= 15 is 0 Å². The van der Waals surface area contributed by atoms with Crippen molar-refractivity contribution >= 4 is 11.0 Å². The number of hydrogen-bond acceptors (Lipinski definition) is 4. The summed E-state index contributed by atoms with van der Waals surface area (Å²) in [5, 5.41) is 10.3. The average Bonchev–Trinajstić information content (AvgIpc) is 3.24. The van der Waals surface area contributed by atoms with E-state index in [-0.39, 0.29) is 12.2 Å². The Morgan fingerprint density at radius 1 is 1.18 bits per heavy atom. The molecule has 1 saturated carbocycles. The number of aliphatic hydroxyl groups excluding tert-OH is 1. The molecule has 2 aliphatic rings. The standard InChI is InChI=1S/C18H21NO3/c20-7-6-19(15-4-5-15)11-14-10-18(21)22-17-9-13-3-1-2-12(13)8-16(14)17/h8-10,15,20H,1-7,11H2. The van der Waals surface area contributed by atoms with Crippen LogP contribution in [-0.4, -0.2) is 29.2 Å². The monoisotopic (exact) mass is 299 g/mol. The lowest BCUT2D eigenvalue weighted by molar-refractivity contribution is 0.183. The van der Waals surface area contributed by atoms with Gasteiger partial charge in [-0.3, -0.25) is 4.90 Å². The predicted octanol–water partition coefficient (Wildman–Crippen LogP) is 2.24. The average molecular weight is 299 g/mol. The van der Waals surface area contributed by atoms with E-state index in [0.29, 0.717) is 24.7 Å². The molecule has 4 nitrogen and oxygen atoms in total. The lowest BCUT2D eigenvalue weighted by Crippen LogP contribution is -2.29. The van der Waals surface area contributed by atoms with Crippen molar-refractivity contribution in [3.8, 4) is 0 Å². The summed E-state index contributed by atoms with van der Waals surface area (Å²) in [6.07, 6.45) is 5.76. The Bertz CT molecular complexity index is 761. The molecule has 2 aromatic rings. The Morgan fingerprint density at radius 3 is 2.68 bits per heavy atom.